The summed E-state index contributed by atoms with van der Waals surface area (Å²) >= 11 is 0. The molecule has 2 fully saturated rings. The summed E-state index contributed by atoms with van der Waals surface area (Å²) in [5, 5.41) is 12.1. The summed E-state index contributed by atoms with van der Waals surface area (Å²) in [6, 6.07) is 8.54. The van der Waals surface area contributed by atoms with Gasteiger partial charge in [-0.2, -0.15) is 0 Å². The summed E-state index contributed by atoms with van der Waals surface area (Å²) in [6.07, 6.45) is 11.3. The standard InChI is InChI=1S/C20H29N3O2/c24-20(22-25)11-8-16-6-9-18(10-7-16)21-19-12-13-23(15-19)14-17-4-2-1-3-5-17/h6-11,17,19,21,25H,1-5,12-15H2,(H,22,24)/b11-8+. The summed E-state index contributed by atoms with van der Waals surface area (Å²) in [5.74, 6) is 0.390. The van der Waals surface area contributed by atoms with Crippen molar-refractivity contribution in [1.82, 2.24) is 10.4 Å². The fourth-order valence-corrected chi connectivity index (χ4v) is 3.99. The van der Waals surface area contributed by atoms with Crippen LogP contribution in [-0.2, 0) is 4.79 Å². The Labute approximate surface area is 150 Å². The van der Waals surface area contributed by atoms with Gasteiger partial charge in [0.25, 0.3) is 5.91 Å². The molecule has 1 aliphatic carbocycles. The predicted octanol–water partition coefficient (Wildman–Crippen LogP) is 3.27. The molecule has 3 rings (SSSR count). The predicted molar refractivity (Wildman–Crippen MR) is 100 cm³/mol. The first-order chi connectivity index (χ1) is 12.2. The monoisotopic (exact) mass is 343 g/mol. The lowest BCUT2D eigenvalue weighted by Crippen LogP contribution is -2.31. The first-order valence-corrected chi connectivity index (χ1v) is 9.44. The van der Waals surface area contributed by atoms with E-state index < -0.39 is 5.91 Å². The number of carbonyl (C=O) groups is 1. The molecule has 25 heavy (non-hydrogen) atoms. The molecule has 136 valence electrons. The number of likely N-dealkylation sites (tertiary alicyclic amines) is 1. The minimum Gasteiger partial charge on any atom is -0.381 e. The number of carbonyl (C=O) groups excluding carboxylic acids is 1. The molecule has 0 radical (unpaired) electrons. The molecule has 5 heteroatoms. The van der Waals surface area contributed by atoms with Crippen molar-refractivity contribution < 1.29 is 10.0 Å². The number of nitrogens with one attached hydrogen (secondary N) is 2. The van der Waals surface area contributed by atoms with Crippen molar-refractivity contribution in [3.63, 3.8) is 0 Å². The quantitative estimate of drug-likeness (QED) is 0.421. The second-order valence-electron chi connectivity index (χ2n) is 7.32. The lowest BCUT2D eigenvalue weighted by molar-refractivity contribution is -0.124. The first kappa shape index (κ1) is 18.0. The van der Waals surface area contributed by atoms with Gasteiger partial charge in [-0.25, -0.2) is 5.48 Å². The fraction of sp³-hybridized carbons (Fsp3) is 0.550. The van der Waals surface area contributed by atoms with E-state index in [0.29, 0.717) is 6.04 Å². The maximum Gasteiger partial charge on any atom is 0.267 e. The average molecular weight is 343 g/mol. The van der Waals surface area contributed by atoms with Gasteiger partial charge < -0.3 is 10.2 Å². The van der Waals surface area contributed by atoms with Gasteiger partial charge in [0.05, 0.1) is 0 Å². The van der Waals surface area contributed by atoms with E-state index in [2.05, 4.69) is 10.2 Å². The molecule has 0 aromatic heterocycles. The van der Waals surface area contributed by atoms with Gasteiger partial charge in [0, 0.05) is 37.4 Å². The topological polar surface area (TPSA) is 64.6 Å². The van der Waals surface area contributed by atoms with Crippen LogP contribution >= 0.6 is 0 Å². The van der Waals surface area contributed by atoms with Crippen molar-refractivity contribution in [2.45, 2.75) is 44.6 Å². The molecule has 0 bridgehead atoms. The van der Waals surface area contributed by atoms with Gasteiger partial charge in [0.15, 0.2) is 0 Å². The second kappa shape index (κ2) is 9.02. The normalized spacial score (nSPS) is 22.4. The van der Waals surface area contributed by atoms with Gasteiger partial charge in [-0.1, -0.05) is 31.4 Å². The summed E-state index contributed by atoms with van der Waals surface area (Å²) in [5.41, 5.74) is 3.63. The van der Waals surface area contributed by atoms with E-state index in [-0.39, 0.29) is 0 Å². The molecule has 1 heterocycles. The fourth-order valence-electron chi connectivity index (χ4n) is 3.99. The Morgan fingerprint density at radius 3 is 2.64 bits per heavy atom. The number of benzene rings is 1. The smallest absolute Gasteiger partial charge is 0.267 e. The molecule has 1 saturated carbocycles. The number of amides is 1. The van der Waals surface area contributed by atoms with E-state index >= 15 is 0 Å². The van der Waals surface area contributed by atoms with Crippen LogP contribution in [0.4, 0.5) is 5.69 Å². The molecule has 1 aliphatic heterocycles. The van der Waals surface area contributed by atoms with Crippen LogP contribution in [0, 0.1) is 5.92 Å². The third-order valence-corrected chi connectivity index (χ3v) is 5.33. The summed E-state index contributed by atoms with van der Waals surface area (Å²) < 4.78 is 0. The van der Waals surface area contributed by atoms with Gasteiger partial charge in [-0.05, 0) is 49.0 Å². The highest BCUT2D eigenvalue weighted by Crippen LogP contribution is 2.26. The minimum atomic E-state index is -0.522. The number of nitrogens with zero attached hydrogens (tertiary/aromatic N) is 1. The Morgan fingerprint density at radius 2 is 1.92 bits per heavy atom. The molecule has 1 unspecified atom stereocenters. The van der Waals surface area contributed by atoms with Gasteiger partial charge >= 0.3 is 0 Å². The van der Waals surface area contributed by atoms with Gasteiger partial charge in [-0.3, -0.25) is 10.0 Å². The van der Waals surface area contributed by atoms with Crippen LogP contribution in [0.25, 0.3) is 6.08 Å². The Kier molecular flexibility index (Phi) is 6.48. The van der Waals surface area contributed by atoms with Crippen LogP contribution in [0.15, 0.2) is 30.3 Å². The maximum atomic E-state index is 11.0. The number of anilines is 1. The second-order valence-corrected chi connectivity index (χ2v) is 7.32. The largest absolute Gasteiger partial charge is 0.381 e. The molecule has 1 aromatic rings. The third kappa shape index (κ3) is 5.58. The number of hydrogen-bond donors (Lipinski definition) is 3. The lowest BCUT2D eigenvalue weighted by atomic mass is 9.89. The lowest BCUT2D eigenvalue weighted by Gasteiger charge is -2.26. The summed E-state index contributed by atoms with van der Waals surface area (Å²) in [6.45, 7) is 3.61. The van der Waals surface area contributed by atoms with Gasteiger partial charge in [0.2, 0.25) is 0 Å². The highest BCUT2D eigenvalue weighted by Gasteiger charge is 2.25. The third-order valence-electron chi connectivity index (χ3n) is 5.33. The highest BCUT2D eigenvalue weighted by molar-refractivity contribution is 5.90. The Balaban J connectivity index is 1.45. The average Bonchev–Trinajstić information content (AvgIpc) is 3.08. The maximum absolute atomic E-state index is 11.0. The highest BCUT2D eigenvalue weighted by atomic mass is 16.5. The van der Waals surface area contributed by atoms with Crippen molar-refractivity contribution in [2.24, 2.45) is 5.92 Å². The molecule has 5 nitrogen and oxygen atoms in total. The van der Waals surface area contributed by atoms with Crippen molar-refractivity contribution in [3.05, 3.63) is 35.9 Å². The van der Waals surface area contributed by atoms with E-state index in [1.807, 2.05) is 24.3 Å². The van der Waals surface area contributed by atoms with Crippen molar-refractivity contribution in [3.8, 4) is 0 Å². The van der Waals surface area contributed by atoms with Gasteiger partial charge in [0.1, 0.15) is 0 Å². The van der Waals surface area contributed by atoms with E-state index in [1.165, 1.54) is 57.7 Å². The first-order valence-electron chi connectivity index (χ1n) is 9.44. The minimum absolute atomic E-state index is 0.519. The van der Waals surface area contributed by atoms with Crippen molar-refractivity contribution >= 4 is 17.7 Å². The van der Waals surface area contributed by atoms with Crippen LogP contribution in [0.5, 0.6) is 0 Å². The number of hydrogen-bond acceptors (Lipinski definition) is 4. The zero-order valence-corrected chi connectivity index (χ0v) is 14.8. The van der Waals surface area contributed by atoms with Crippen LogP contribution in [0.1, 0.15) is 44.1 Å². The molecule has 1 amide bonds. The molecule has 2 aliphatic rings. The molecular formula is C20H29N3O2. The van der Waals surface area contributed by atoms with Crippen LogP contribution < -0.4 is 10.8 Å². The number of hydroxylamine groups is 1. The molecule has 1 saturated heterocycles. The van der Waals surface area contributed by atoms with E-state index in [0.717, 1.165) is 23.7 Å². The van der Waals surface area contributed by atoms with Crippen LogP contribution in [0.3, 0.4) is 0 Å². The van der Waals surface area contributed by atoms with Gasteiger partial charge in [-0.15, -0.1) is 0 Å². The molecule has 1 atom stereocenters. The Bertz CT molecular complexity index is 579. The van der Waals surface area contributed by atoms with Crippen molar-refractivity contribution in [2.75, 3.05) is 25.0 Å². The van der Waals surface area contributed by atoms with E-state index in [1.54, 1.807) is 11.6 Å². The summed E-state index contributed by atoms with van der Waals surface area (Å²) in [7, 11) is 0. The molecular weight excluding hydrogens is 314 g/mol. The molecule has 1 aromatic carbocycles. The molecule has 3 N–H and O–H groups in total. The van der Waals surface area contributed by atoms with E-state index in [9.17, 15) is 4.79 Å². The van der Waals surface area contributed by atoms with Crippen LogP contribution in [-0.4, -0.2) is 41.7 Å². The van der Waals surface area contributed by atoms with E-state index in [4.69, 9.17) is 5.21 Å². The van der Waals surface area contributed by atoms with Crippen molar-refractivity contribution in [1.29, 1.82) is 0 Å². The summed E-state index contributed by atoms with van der Waals surface area (Å²) in [4.78, 5) is 13.6. The number of rotatable bonds is 6. The molecule has 0 spiro atoms. The zero-order valence-electron chi connectivity index (χ0n) is 14.8. The Hall–Kier alpha value is -1.85. The van der Waals surface area contributed by atoms with Crippen LogP contribution in [0.2, 0.25) is 0 Å². The Morgan fingerprint density at radius 1 is 1.16 bits per heavy atom. The SMILES string of the molecule is O=C(/C=C/c1ccc(NC2CCN(CC3CCCCC3)C2)cc1)NO. The zero-order chi connectivity index (χ0) is 17.5.